The molecule has 2 aromatic rings. The maximum Gasteiger partial charge on any atom is 0.0932 e. The minimum atomic E-state index is 0.658. The Hall–Kier alpha value is -0.900. The van der Waals surface area contributed by atoms with E-state index in [-0.39, 0.29) is 0 Å². The van der Waals surface area contributed by atoms with Crippen molar-refractivity contribution < 1.29 is 0 Å². The lowest BCUT2D eigenvalue weighted by molar-refractivity contribution is 0.984. The van der Waals surface area contributed by atoms with Gasteiger partial charge in [0.15, 0.2) is 0 Å². The fourth-order valence-corrected chi connectivity index (χ4v) is 3.03. The molecular weight excluding hydrogens is 264 g/mol. The van der Waals surface area contributed by atoms with Crippen LogP contribution in [0.2, 0.25) is 5.02 Å². The molecule has 0 spiro atoms. The highest BCUT2D eigenvalue weighted by Gasteiger charge is 2.12. The lowest BCUT2D eigenvalue weighted by atomic mass is 10.1. The Morgan fingerprint density at radius 3 is 2.78 bits per heavy atom. The lowest BCUT2D eigenvalue weighted by Gasteiger charge is -2.04. The summed E-state index contributed by atoms with van der Waals surface area (Å²) in [7, 11) is 0. The molecule has 0 fully saturated rings. The van der Waals surface area contributed by atoms with Gasteiger partial charge in [0, 0.05) is 15.5 Å². The van der Waals surface area contributed by atoms with Crippen molar-refractivity contribution in [3.8, 4) is 11.3 Å². The Labute approximate surface area is 117 Å². The predicted molar refractivity (Wildman–Crippen MR) is 79.4 cm³/mol. The molecule has 2 N–H and O–H groups in total. The molecule has 2 nitrogen and oxygen atoms in total. The molecule has 0 aliphatic heterocycles. The SMILES string of the molecule is CCc1nc(-c2ccc(Cl)c(C)c2)c(CCN)s1. The molecular formula is C14H17ClN2S. The highest BCUT2D eigenvalue weighted by atomic mass is 35.5. The standard InChI is InChI=1S/C14H17ClN2S/c1-3-13-17-14(12(18-13)6-7-16)10-4-5-11(15)9(2)8-10/h4-5,8H,3,6-7,16H2,1-2H3. The van der Waals surface area contributed by atoms with Crippen LogP contribution in [0.3, 0.4) is 0 Å². The third-order valence-corrected chi connectivity index (χ3v) is 4.53. The van der Waals surface area contributed by atoms with Crippen LogP contribution in [0.25, 0.3) is 11.3 Å². The van der Waals surface area contributed by atoms with Crippen molar-refractivity contribution in [2.24, 2.45) is 5.73 Å². The van der Waals surface area contributed by atoms with Gasteiger partial charge in [-0.2, -0.15) is 0 Å². The fourth-order valence-electron chi connectivity index (χ4n) is 1.87. The molecule has 1 aromatic carbocycles. The van der Waals surface area contributed by atoms with Crippen LogP contribution < -0.4 is 5.73 Å². The van der Waals surface area contributed by atoms with Crippen LogP contribution in [-0.4, -0.2) is 11.5 Å². The third kappa shape index (κ3) is 2.74. The van der Waals surface area contributed by atoms with Gasteiger partial charge in [-0.3, -0.25) is 0 Å². The predicted octanol–water partition coefficient (Wildman–Crippen LogP) is 3.84. The van der Waals surface area contributed by atoms with Gasteiger partial charge in [-0.05, 0) is 44.0 Å². The second-order valence-corrected chi connectivity index (χ2v) is 5.81. The first-order valence-corrected chi connectivity index (χ1v) is 7.30. The minimum Gasteiger partial charge on any atom is -0.330 e. The Bertz CT molecular complexity index is 549. The first-order valence-electron chi connectivity index (χ1n) is 6.10. The van der Waals surface area contributed by atoms with Crippen LogP contribution in [0.4, 0.5) is 0 Å². The van der Waals surface area contributed by atoms with Crippen LogP contribution in [0.5, 0.6) is 0 Å². The maximum absolute atomic E-state index is 6.06. The van der Waals surface area contributed by atoms with Gasteiger partial charge >= 0.3 is 0 Å². The number of aryl methyl sites for hydroxylation is 2. The Morgan fingerprint density at radius 2 is 2.17 bits per heavy atom. The number of hydrogen-bond acceptors (Lipinski definition) is 3. The van der Waals surface area contributed by atoms with E-state index in [1.165, 1.54) is 9.88 Å². The van der Waals surface area contributed by atoms with Crippen molar-refractivity contribution in [3.63, 3.8) is 0 Å². The maximum atomic E-state index is 6.06. The molecule has 4 heteroatoms. The summed E-state index contributed by atoms with van der Waals surface area (Å²) in [5, 5.41) is 1.96. The van der Waals surface area contributed by atoms with Gasteiger partial charge in [0.25, 0.3) is 0 Å². The molecule has 1 heterocycles. The zero-order valence-electron chi connectivity index (χ0n) is 10.7. The van der Waals surface area contributed by atoms with Crippen molar-refractivity contribution in [2.45, 2.75) is 26.7 Å². The molecule has 0 saturated carbocycles. The summed E-state index contributed by atoms with van der Waals surface area (Å²) < 4.78 is 0. The van der Waals surface area contributed by atoms with Gasteiger partial charge in [-0.1, -0.05) is 24.6 Å². The average molecular weight is 281 g/mol. The zero-order chi connectivity index (χ0) is 13.1. The molecule has 0 aliphatic rings. The van der Waals surface area contributed by atoms with E-state index in [4.69, 9.17) is 22.3 Å². The first-order chi connectivity index (χ1) is 8.65. The van der Waals surface area contributed by atoms with Crippen molar-refractivity contribution in [1.29, 1.82) is 0 Å². The summed E-state index contributed by atoms with van der Waals surface area (Å²) in [6.45, 7) is 4.80. The minimum absolute atomic E-state index is 0.658. The molecule has 18 heavy (non-hydrogen) atoms. The van der Waals surface area contributed by atoms with E-state index in [9.17, 15) is 0 Å². The molecule has 0 unspecified atom stereocenters. The smallest absolute Gasteiger partial charge is 0.0932 e. The molecule has 96 valence electrons. The van der Waals surface area contributed by atoms with Crippen molar-refractivity contribution in [3.05, 3.63) is 38.7 Å². The average Bonchev–Trinajstić information content (AvgIpc) is 2.76. The highest BCUT2D eigenvalue weighted by molar-refractivity contribution is 7.12. The summed E-state index contributed by atoms with van der Waals surface area (Å²) in [5.74, 6) is 0. The Kier molecular flexibility index (Phi) is 4.38. The second-order valence-electron chi connectivity index (χ2n) is 4.24. The monoisotopic (exact) mass is 280 g/mol. The summed E-state index contributed by atoms with van der Waals surface area (Å²) in [6.07, 6.45) is 1.85. The number of aromatic nitrogens is 1. The molecule has 0 radical (unpaired) electrons. The van der Waals surface area contributed by atoms with E-state index >= 15 is 0 Å². The normalized spacial score (nSPS) is 10.9. The van der Waals surface area contributed by atoms with Gasteiger partial charge in [0.1, 0.15) is 0 Å². The molecule has 0 atom stereocenters. The quantitative estimate of drug-likeness (QED) is 0.924. The number of rotatable bonds is 4. The first kappa shape index (κ1) is 13.5. The van der Waals surface area contributed by atoms with E-state index in [1.807, 2.05) is 19.1 Å². The van der Waals surface area contributed by atoms with E-state index < -0.39 is 0 Å². The number of thiazole rings is 1. The van der Waals surface area contributed by atoms with E-state index in [0.717, 1.165) is 34.7 Å². The van der Waals surface area contributed by atoms with Crippen molar-refractivity contribution in [1.82, 2.24) is 4.98 Å². The van der Waals surface area contributed by atoms with Gasteiger partial charge in [0.2, 0.25) is 0 Å². The largest absolute Gasteiger partial charge is 0.330 e. The molecule has 0 amide bonds. The van der Waals surface area contributed by atoms with Crippen molar-refractivity contribution >= 4 is 22.9 Å². The Balaban J connectivity index is 2.47. The third-order valence-electron chi connectivity index (χ3n) is 2.85. The molecule has 1 aromatic heterocycles. The van der Waals surface area contributed by atoms with Gasteiger partial charge in [-0.25, -0.2) is 4.98 Å². The van der Waals surface area contributed by atoms with Crippen molar-refractivity contribution in [2.75, 3.05) is 6.54 Å². The molecule has 0 bridgehead atoms. The number of nitrogens with zero attached hydrogens (tertiary/aromatic N) is 1. The fraction of sp³-hybridized carbons (Fsp3) is 0.357. The number of benzene rings is 1. The van der Waals surface area contributed by atoms with E-state index in [0.29, 0.717) is 6.54 Å². The van der Waals surface area contributed by atoms with Gasteiger partial charge in [0.05, 0.1) is 10.7 Å². The van der Waals surface area contributed by atoms with Crippen LogP contribution in [-0.2, 0) is 12.8 Å². The lowest BCUT2D eigenvalue weighted by Crippen LogP contribution is -2.02. The summed E-state index contributed by atoms with van der Waals surface area (Å²) in [4.78, 5) is 5.98. The highest BCUT2D eigenvalue weighted by Crippen LogP contribution is 2.31. The second kappa shape index (κ2) is 5.83. The Morgan fingerprint density at radius 1 is 1.39 bits per heavy atom. The molecule has 0 aliphatic carbocycles. The summed E-state index contributed by atoms with van der Waals surface area (Å²) >= 11 is 7.83. The molecule has 2 rings (SSSR count). The van der Waals surface area contributed by atoms with Crippen LogP contribution in [0.1, 0.15) is 22.4 Å². The van der Waals surface area contributed by atoms with E-state index in [2.05, 4.69) is 13.0 Å². The zero-order valence-corrected chi connectivity index (χ0v) is 12.2. The summed E-state index contributed by atoms with van der Waals surface area (Å²) in [6, 6.07) is 6.06. The number of nitrogens with two attached hydrogens (primary N) is 1. The number of halogens is 1. The molecule has 0 saturated heterocycles. The van der Waals surface area contributed by atoms with Crippen LogP contribution in [0.15, 0.2) is 18.2 Å². The number of hydrogen-bond donors (Lipinski definition) is 1. The van der Waals surface area contributed by atoms with Crippen LogP contribution in [0, 0.1) is 6.92 Å². The topological polar surface area (TPSA) is 38.9 Å². The van der Waals surface area contributed by atoms with E-state index in [1.54, 1.807) is 11.3 Å². The van der Waals surface area contributed by atoms with Gasteiger partial charge in [-0.15, -0.1) is 11.3 Å². The van der Waals surface area contributed by atoms with Crippen LogP contribution >= 0.6 is 22.9 Å². The van der Waals surface area contributed by atoms with Gasteiger partial charge < -0.3 is 5.73 Å². The summed E-state index contributed by atoms with van der Waals surface area (Å²) in [5.41, 5.74) is 8.96.